The van der Waals surface area contributed by atoms with Gasteiger partial charge < -0.3 is 14.0 Å². The lowest BCUT2D eigenvalue weighted by Crippen LogP contribution is -2.40. The smallest absolute Gasteiger partial charge is 0.255 e. The van der Waals surface area contributed by atoms with Crippen LogP contribution in [0.5, 0.6) is 0 Å². The first-order valence-corrected chi connectivity index (χ1v) is 11.6. The molecule has 8 nitrogen and oxygen atoms in total. The third-order valence-electron chi connectivity index (χ3n) is 5.31. The molecule has 0 bridgehead atoms. The SMILES string of the molecule is Cc1cc(S(=O)(=O)N2CCC(OCc3noc(C4CCCO4)n3)CC2)ccc1Cl. The van der Waals surface area contributed by atoms with Gasteiger partial charge in [-0.2, -0.15) is 9.29 Å². The summed E-state index contributed by atoms with van der Waals surface area (Å²) in [6.45, 7) is 3.56. The van der Waals surface area contributed by atoms with Gasteiger partial charge in [0.25, 0.3) is 5.89 Å². The van der Waals surface area contributed by atoms with E-state index in [1.54, 1.807) is 25.1 Å². The lowest BCUT2D eigenvalue weighted by atomic mass is 10.1. The zero-order valence-corrected chi connectivity index (χ0v) is 17.8. The van der Waals surface area contributed by atoms with Crippen molar-refractivity contribution in [3.8, 4) is 0 Å². The summed E-state index contributed by atoms with van der Waals surface area (Å²) in [5.74, 6) is 0.988. The minimum atomic E-state index is -3.53. The van der Waals surface area contributed by atoms with Crippen LogP contribution in [0.3, 0.4) is 0 Å². The molecule has 2 aromatic rings. The maximum atomic E-state index is 12.9. The Kier molecular flexibility index (Phi) is 6.21. The van der Waals surface area contributed by atoms with Gasteiger partial charge in [-0.15, -0.1) is 0 Å². The summed E-state index contributed by atoms with van der Waals surface area (Å²) in [6, 6.07) is 4.78. The van der Waals surface area contributed by atoms with Crippen LogP contribution in [0.15, 0.2) is 27.6 Å². The van der Waals surface area contributed by atoms with Gasteiger partial charge in [-0.3, -0.25) is 0 Å². The van der Waals surface area contributed by atoms with Gasteiger partial charge in [0.15, 0.2) is 5.82 Å². The normalized spacial score (nSPS) is 21.7. The fourth-order valence-corrected chi connectivity index (χ4v) is 5.26. The summed E-state index contributed by atoms with van der Waals surface area (Å²) < 4.78 is 43.9. The molecule has 0 saturated carbocycles. The average Bonchev–Trinajstić information content (AvgIpc) is 3.40. The summed E-state index contributed by atoms with van der Waals surface area (Å²) in [5.41, 5.74) is 0.744. The van der Waals surface area contributed by atoms with Gasteiger partial charge in [-0.25, -0.2) is 8.42 Å². The Labute approximate surface area is 175 Å². The molecule has 2 aliphatic heterocycles. The summed E-state index contributed by atoms with van der Waals surface area (Å²) in [7, 11) is -3.53. The fraction of sp³-hybridized carbons (Fsp3) is 0.579. The van der Waals surface area contributed by atoms with Crippen molar-refractivity contribution in [2.75, 3.05) is 19.7 Å². The molecule has 10 heteroatoms. The third kappa shape index (κ3) is 4.64. The number of sulfonamides is 1. The Balaban J connectivity index is 1.29. The van der Waals surface area contributed by atoms with Crippen LogP contribution < -0.4 is 0 Å². The predicted molar refractivity (Wildman–Crippen MR) is 105 cm³/mol. The first kappa shape index (κ1) is 20.7. The van der Waals surface area contributed by atoms with E-state index in [1.807, 2.05) is 0 Å². The highest BCUT2D eigenvalue weighted by Crippen LogP contribution is 2.28. The summed E-state index contributed by atoms with van der Waals surface area (Å²) in [4.78, 5) is 4.61. The van der Waals surface area contributed by atoms with Gasteiger partial charge in [0.2, 0.25) is 10.0 Å². The maximum absolute atomic E-state index is 12.9. The van der Waals surface area contributed by atoms with Crippen molar-refractivity contribution in [3.63, 3.8) is 0 Å². The highest BCUT2D eigenvalue weighted by molar-refractivity contribution is 7.89. The molecule has 1 aromatic carbocycles. The van der Waals surface area contributed by atoms with E-state index in [-0.39, 0.29) is 23.7 Å². The second kappa shape index (κ2) is 8.69. The van der Waals surface area contributed by atoms with E-state index in [9.17, 15) is 8.42 Å². The van der Waals surface area contributed by atoms with E-state index < -0.39 is 10.0 Å². The molecule has 0 radical (unpaired) electrons. The van der Waals surface area contributed by atoms with Crippen molar-refractivity contribution in [2.45, 2.75) is 56.3 Å². The number of benzene rings is 1. The quantitative estimate of drug-likeness (QED) is 0.678. The lowest BCUT2D eigenvalue weighted by Gasteiger charge is -2.31. The number of halogens is 1. The van der Waals surface area contributed by atoms with Gasteiger partial charge in [-0.1, -0.05) is 16.8 Å². The third-order valence-corrected chi connectivity index (χ3v) is 7.62. The van der Waals surface area contributed by atoms with E-state index in [0.29, 0.717) is 42.7 Å². The minimum absolute atomic E-state index is 0.0434. The van der Waals surface area contributed by atoms with Crippen LogP contribution >= 0.6 is 11.6 Å². The van der Waals surface area contributed by atoms with E-state index in [4.69, 9.17) is 25.6 Å². The molecule has 1 aromatic heterocycles. The second-order valence-electron chi connectivity index (χ2n) is 7.38. The number of hydrogen-bond acceptors (Lipinski definition) is 7. The van der Waals surface area contributed by atoms with Gasteiger partial charge in [-0.05, 0) is 56.4 Å². The minimum Gasteiger partial charge on any atom is -0.370 e. The van der Waals surface area contributed by atoms with E-state index >= 15 is 0 Å². The highest BCUT2D eigenvalue weighted by atomic mass is 35.5. The van der Waals surface area contributed by atoms with Crippen molar-refractivity contribution in [3.05, 3.63) is 40.5 Å². The zero-order chi connectivity index (χ0) is 20.4. The molecular weight excluding hydrogens is 418 g/mol. The zero-order valence-electron chi connectivity index (χ0n) is 16.2. The second-order valence-corrected chi connectivity index (χ2v) is 9.72. The van der Waals surface area contributed by atoms with Crippen LogP contribution in [0.4, 0.5) is 0 Å². The lowest BCUT2D eigenvalue weighted by molar-refractivity contribution is 0.00636. The van der Waals surface area contributed by atoms with Gasteiger partial charge in [0.05, 0.1) is 11.0 Å². The van der Waals surface area contributed by atoms with Crippen LogP contribution in [-0.4, -0.2) is 48.7 Å². The molecule has 0 amide bonds. The number of ether oxygens (including phenoxy) is 2. The molecular formula is C19H24ClN3O5S. The van der Waals surface area contributed by atoms with Gasteiger partial charge in [0.1, 0.15) is 12.7 Å². The Morgan fingerprint density at radius 2 is 2.07 bits per heavy atom. The van der Waals surface area contributed by atoms with Crippen LogP contribution in [-0.2, 0) is 26.1 Å². The van der Waals surface area contributed by atoms with E-state index in [0.717, 1.165) is 25.0 Å². The monoisotopic (exact) mass is 441 g/mol. The van der Waals surface area contributed by atoms with Crippen LogP contribution in [0, 0.1) is 6.92 Å². The van der Waals surface area contributed by atoms with Gasteiger partial charge in [0, 0.05) is 24.7 Å². The number of hydrogen-bond donors (Lipinski definition) is 0. The molecule has 2 aliphatic rings. The van der Waals surface area contributed by atoms with Crippen molar-refractivity contribution < 1.29 is 22.4 Å². The standard InChI is InChI=1S/C19H24ClN3O5S/c1-13-11-15(4-5-16(13)20)29(24,25)23-8-6-14(7-9-23)27-12-18-21-19(28-22-18)17-3-2-10-26-17/h4-5,11,14,17H,2-3,6-10,12H2,1H3. The summed E-state index contributed by atoms with van der Waals surface area (Å²) in [6.07, 6.45) is 2.96. The number of aromatic nitrogens is 2. The molecule has 1 atom stereocenters. The molecule has 0 spiro atoms. The van der Waals surface area contributed by atoms with Crippen LogP contribution in [0.1, 0.15) is 49.1 Å². The topological polar surface area (TPSA) is 94.8 Å². The molecule has 3 heterocycles. The highest BCUT2D eigenvalue weighted by Gasteiger charge is 2.30. The maximum Gasteiger partial charge on any atom is 0.255 e. The number of piperidine rings is 1. The molecule has 29 heavy (non-hydrogen) atoms. The number of rotatable bonds is 6. The van der Waals surface area contributed by atoms with Crippen molar-refractivity contribution in [2.24, 2.45) is 0 Å². The Hall–Kier alpha value is -1.52. The van der Waals surface area contributed by atoms with Gasteiger partial charge >= 0.3 is 0 Å². The molecule has 1 unspecified atom stereocenters. The van der Waals surface area contributed by atoms with E-state index in [1.165, 1.54) is 4.31 Å². The van der Waals surface area contributed by atoms with Crippen molar-refractivity contribution >= 4 is 21.6 Å². The largest absolute Gasteiger partial charge is 0.370 e. The Morgan fingerprint density at radius 3 is 2.76 bits per heavy atom. The molecule has 2 saturated heterocycles. The van der Waals surface area contributed by atoms with Crippen LogP contribution in [0.25, 0.3) is 0 Å². The Bertz CT molecular complexity index is 951. The summed E-state index contributed by atoms with van der Waals surface area (Å²) >= 11 is 6.01. The molecule has 0 N–H and O–H groups in total. The first-order chi connectivity index (χ1) is 13.9. The predicted octanol–water partition coefficient (Wildman–Crippen LogP) is 3.25. The molecule has 158 valence electrons. The first-order valence-electron chi connectivity index (χ1n) is 9.75. The fourth-order valence-electron chi connectivity index (χ4n) is 3.59. The van der Waals surface area contributed by atoms with Crippen LogP contribution in [0.2, 0.25) is 5.02 Å². The summed E-state index contributed by atoms with van der Waals surface area (Å²) in [5, 5.41) is 4.50. The average molecular weight is 442 g/mol. The number of aryl methyl sites for hydroxylation is 1. The Morgan fingerprint density at radius 1 is 1.28 bits per heavy atom. The van der Waals surface area contributed by atoms with E-state index in [2.05, 4.69) is 10.1 Å². The molecule has 4 rings (SSSR count). The van der Waals surface area contributed by atoms with Crippen molar-refractivity contribution in [1.29, 1.82) is 0 Å². The number of nitrogens with zero attached hydrogens (tertiary/aromatic N) is 3. The molecule has 2 fully saturated rings. The molecule has 0 aliphatic carbocycles. The van der Waals surface area contributed by atoms with Crippen molar-refractivity contribution in [1.82, 2.24) is 14.4 Å².